The summed E-state index contributed by atoms with van der Waals surface area (Å²) < 4.78 is 4.75. The second-order valence-electron chi connectivity index (χ2n) is 4.31. The van der Waals surface area contributed by atoms with Crippen LogP contribution in [0, 0.1) is 0 Å². The Morgan fingerprint density at radius 3 is 2.94 bits per heavy atom. The summed E-state index contributed by atoms with van der Waals surface area (Å²) in [4.78, 5) is 24.5. The van der Waals surface area contributed by atoms with E-state index in [-0.39, 0.29) is 18.9 Å². The van der Waals surface area contributed by atoms with E-state index in [9.17, 15) is 14.7 Å². The molecule has 0 aromatic heterocycles. The molecule has 1 heterocycles. The van der Waals surface area contributed by atoms with E-state index < -0.39 is 12.1 Å². The fourth-order valence-corrected chi connectivity index (χ4v) is 1.96. The standard InChI is InChI=1S/C12H21NO4/c1-2-17-12(16)8-10(14)9-13-7-5-3-4-6-11(13)15/h10,14H,2-9H2,1H3. The van der Waals surface area contributed by atoms with Gasteiger partial charge in [-0.1, -0.05) is 6.42 Å². The van der Waals surface area contributed by atoms with Gasteiger partial charge in [0.15, 0.2) is 0 Å². The second kappa shape index (κ2) is 7.27. The lowest BCUT2D eigenvalue weighted by Gasteiger charge is -2.23. The van der Waals surface area contributed by atoms with Gasteiger partial charge in [-0.25, -0.2) is 0 Å². The molecular formula is C12H21NO4. The minimum absolute atomic E-state index is 0.0440. The average Bonchev–Trinajstić information content (AvgIpc) is 2.44. The number of aliphatic hydroxyl groups excluding tert-OH is 1. The van der Waals surface area contributed by atoms with Crippen molar-refractivity contribution < 1.29 is 19.4 Å². The van der Waals surface area contributed by atoms with Crippen molar-refractivity contribution in [2.45, 2.75) is 45.1 Å². The maximum Gasteiger partial charge on any atom is 0.308 e. The number of hydrogen-bond acceptors (Lipinski definition) is 4. The first-order chi connectivity index (χ1) is 8.13. The lowest BCUT2D eigenvalue weighted by Crippen LogP contribution is -2.38. The quantitative estimate of drug-likeness (QED) is 0.722. The van der Waals surface area contributed by atoms with Crippen molar-refractivity contribution in [3.05, 3.63) is 0 Å². The second-order valence-corrected chi connectivity index (χ2v) is 4.31. The molecule has 0 spiro atoms. The third kappa shape index (κ3) is 5.17. The highest BCUT2D eigenvalue weighted by molar-refractivity contribution is 5.76. The van der Waals surface area contributed by atoms with Crippen molar-refractivity contribution in [3.8, 4) is 0 Å². The monoisotopic (exact) mass is 243 g/mol. The molecule has 1 unspecified atom stereocenters. The number of ether oxygens (including phenoxy) is 1. The van der Waals surface area contributed by atoms with Crippen LogP contribution < -0.4 is 0 Å². The molecule has 1 N–H and O–H groups in total. The number of carbonyl (C=O) groups excluding carboxylic acids is 2. The maximum absolute atomic E-state index is 11.7. The van der Waals surface area contributed by atoms with Crippen LogP contribution in [0.1, 0.15) is 39.0 Å². The highest BCUT2D eigenvalue weighted by Gasteiger charge is 2.21. The number of amides is 1. The van der Waals surface area contributed by atoms with Crippen LogP contribution in [0.15, 0.2) is 0 Å². The number of carbonyl (C=O) groups is 2. The Kier molecular flexibility index (Phi) is 5.97. The number of esters is 1. The number of rotatable bonds is 5. The molecule has 5 nitrogen and oxygen atoms in total. The number of β-amino-alcohol motifs (C(OH)–C–C–N with tert-alkyl or cyclic N) is 1. The molecule has 1 aliphatic heterocycles. The van der Waals surface area contributed by atoms with Gasteiger partial charge in [-0.15, -0.1) is 0 Å². The van der Waals surface area contributed by atoms with Gasteiger partial charge in [0, 0.05) is 19.5 Å². The van der Waals surface area contributed by atoms with Gasteiger partial charge >= 0.3 is 5.97 Å². The average molecular weight is 243 g/mol. The van der Waals surface area contributed by atoms with Crippen molar-refractivity contribution in [3.63, 3.8) is 0 Å². The Hall–Kier alpha value is -1.10. The molecule has 0 aliphatic carbocycles. The zero-order valence-electron chi connectivity index (χ0n) is 10.4. The third-order valence-electron chi connectivity index (χ3n) is 2.81. The topological polar surface area (TPSA) is 66.8 Å². The van der Waals surface area contributed by atoms with E-state index >= 15 is 0 Å². The van der Waals surface area contributed by atoms with Gasteiger partial charge in [0.2, 0.25) is 5.91 Å². The number of aliphatic hydroxyl groups is 1. The van der Waals surface area contributed by atoms with Crippen molar-refractivity contribution in [2.24, 2.45) is 0 Å². The van der Waals surface area contributed by atoms with Gasteiger partial charge in [-0.3, -0.25) is 9.59 Å². The van der Waals surface area contributed by atoms with Gasteiger partial charge in [-0.05, 0) is 19.8 Å². The molecule has 0 radical (unpaired) electrons. The molecule has 0 bridgehead atoms. The van der Waals surface area contributed by atoms with E-state index in [1.807, 2.05) is 0 Å². The van der Waals surface area contributed by atoms with E-state index in [0.29, 0.717) is 19.6 Å². The molecule has 17 heavy (non-hydrogen) atoms. The summed E-state index contributed by atoms with van der Waals surface area (Å²) in [6.07, 6.45) is 2.62. The van der Waals surface area contributed by atoms with E-state index in [1.165, 1.54) is 0 Å². The SMILES string of the molecule is CCOC(=O)CC(O)CN1CCCCCC1=O. The molecule has 0 aromatic rings. The lowest BCUT2D eigenvalue weighted by molar-refractivity contribution is -0.146. The number of nitrogens with zero attached hydrogens (tertiary/aromatic N) is 1. The highest BCUT2D eigenvalue weighted by Crippen LogP contribution is 2.12. The summed E-state index contributed by atoms with van der Waals surface area (Å²) in [5, 5.41) is 9.71. The maximum atomic E-state index is 11.7. The van der Waals surface area contributed by atoms with E-state index in [0.717, 1.165) is 19.3 Å². The van der Waals surface area contributed by atoms with Gasteiger partial charge in [0.05, 0.1) is 19.1 Å². The zero-order chi connectivity index (χ0) is 12.7. The normalized spacial score (nSPS) is 18.7. The largest absolute Gasteiger partial charge is 0.466 e. The van der Waals surface area contributed by atoms with E-state index in [2.05, 4.69) is 0 Å². The molecule has 0 aromatic carbocycles. The lowest BCUT2D eigenvalue weighted by atomic mass is 10.2. The van der Waals surface area contributed by atoms with E-state index in [1.54, 1.807) is 11.8 Å². The molecule has 1 aliphatic rings. The smallest absolute Gasteiger partial charge is 0.308 e. The molecule has 5 heteroatoms. The van der Waals surface area contributed by atoms with Gasteiger partial charge < -0.3 is 14.7 Å². The molecule has 98 valence electrons. The Morgan fingerprint density at radius 1 is 1.47 bits per heavy atom. The Morgan fingerprint density at radius 2 is 2.24 bits per heavy atom. The Labute approximate surface area is 102 Å². The third-order valence-corrected chi connectivity index (χ3v) is 2.81. The molecule has 1 atom stereocenters. The summed E-state index contributed by atoms with van der Waals surface area (Å²) in [5.41, 5.74) is 0. The zero-order valence-corrected chi connectivity index (χ0v) is 10.4. The molecule has 1 amide bonds. The van der Waals surface area contributed by atoms with Crippen molar-refractivity contribution in [1.29, 1.82) is 0 Å². The van der Waals surface area contributed by atoms with Crippen LogP contribution in [0.2, 0.25) is 0 Å². The molecule has 1 saturated heterocycles. The summed E-state index contributed by atoms with van der Waals surface area (Å²) in [6, 6.07) is 0. The molecule has 0 saturated carbocycles. The van der Waals surface area contributed by atoms with Crippen molar-refractivity contribution >= 4 is 11.9 Å². The Balaban J connectivity index is 2.35. The van der Waals surface area contributed by atoms with Crippen LogP contribution in [0.3, 0.4) is 0 Å². The molecular weight excluding hydrogens is 222 g/mol. The van der Waals surface area contributed by atoms with E-state index in [4.69, 9.17) is 4.74 Å². The Bertz CT molecular complexity index is 267. The van der Waals surface area contributed by atoms with Gasteiger partial charge in [0.25, 0.3) is 0 Å². The molecule has 1 rings (SSSR count). The molecule has 1 fully saturated rings. The van der Waals surface area contributed by atoms with Crippen LogP contribution in [0.25, 0.3) is 0 Å². The van der Waals surface area contributed by atoms with Crippen LogP contribution >= 0.6 is 0 Å². The summed E-state index contributed by atoms with van der Waals surface area (Å²) in [5.74, 6) is -0.340. The predicted octanol–water partition coefficient (Wildman–Crippen LogP) is 0.703. The predicted molar refractivity (Wildman–Crippen MR) is 62.3 cm³/mol. The number of likely N-dealkylation sites (tertiary alicyclic amines) is 1. The van der Waals surface area contributed by atoms with Crippen LogP contribution in [-0.4, -0.2) is 47.7 Å². The highest BCUT2D eigenvalue weighted by atomic mass is 16.5. The van der Waals surface area contributed by atoms with Crippen LogP contribution in [0.5, 0.6) is 0 Å². The fraction of sp³-hybridized carbons (Fsp3) is 0.833. The van der Waals surface area contributed by atoms with Gasteiger partial charge in [0.1, 0.15) is 0 Å². The summed E-state index contributed by atoms with van der Waals surface area (Å²) in [6.45, 7) is 2.95. The summed E-state index contributed by atoms with van der Waals surface area (Å²) >= 11 is 0. The van der Waals surface area contributed by atoms with Crippen LogP contribution in [-0.2, 0) is 14.3 Å². The first-order valence-corrected chi connectivity index (χ1v) is 6.25. The fourth-order valence-electron chi connectivity index (χ4n) is 1.96. The number of hydrogen-bond donors (Lipinski definition) is 1. The minimum atomic E-state index is -0.823. The van der Waals surface area contributed by atoms with Crippen LogP contribution in [0.4, 0.5) is 0 Å². The first-order valence-electron chi connectivity index (χ1n) is 6.25. The van der Waals surface area contributed by atoms with Crippen molar-refractivity contribution in [2.75, 3.05) is 19.7 Å². The first kappa shape index (κ1) is 14.0. The summed E-state index contributed by atoms with van der Waals surface area (Å²) in [7, 11) is 0. The van der Waals surface area contributed by atoms with Gasteiger partial charge in [-0.2, -0.15) is 0 Å². The van der Waals surface area contributed by atoms with Crippen molar-refractivity contribution in [1.82, 2.24) is 4.90 Å². The minimum Gasteiger partial charge on any atom is -0.466 e.